The van der Waals surface area contributed by atoms with Crippen molar-refractivity contribution in [1.29, 1.82) is 0 Å². The summed E-state index contributed by atoms with van der Waals surface area (Å²) in [6.45, 7) is 0.0681. The number of rotatable bonds is 6. The van der Waals surface area contributed by atoms with Crippen LogP contribution >= 0.6 is 0 Å². The minimum Gasteiger partial charge on any atom is -0.493 e. The molecule has 1 saturated heterocycles. The lowest BCUT2D eigenvalue weighted by Crippen LogP contribution is -2.08. The van der Waals surface area contributed by atoms with Crippen molar-refractivity contribution in [3.05, 3.63) is 41.5 Å². The number of epoxide rings is 1. The normalized spacial score (nSPS) is 19.8. The van der Waals surface area contributed by atoms with E-state index in [-0.39, 0.29) is 18.3 Å². The van der Waals surface area contributed by atoms with E-state index in [1.54, 1.807) is 18.2 Å². The fourth-order valence-electron chi connectivity index (χ4n) is 3.00. The molecule has 26 heavy (non-hydrogen) atoms. The number of hydrogen-bond donors (Lipinski definition) is 1. The molecule has 0 radical (unpaired) electrons. The lowest BCUT2D eigenvalue weighted by Gasteiger charge is -2.12. The van der Waals surface area contributed by atoms with Gasteiger partial charge in [-0.05, 0) is 30.3 Å². The van der Waals surface area contributed by atoms with Gasteiger partial charge < -0.3 is 28.6 Å². The van der Waals surface area contributed by atoms with E-state index in [9.17, 15) is 4.79 Å². The van der Waals surface area contributed by atoms with Crippen LogP contribution in [-0.4, -0.2) is 38.2 Å². The van der Waals surface area contributed by atoms with Crippen molar-refractivity contribution in [3.8, 4) is 28.7 Å². The number of Topliss-reactive ketones (excluding diaryl/α,β-unsaturated/α-hetero) is 1. The largest absolute Gasteiger partial charge is 0.493 e. The van der Waals surface area contributed by atoms with Gasteiger partial charge in [0.1, 0.15) is 6.10 Å². The third kappa shape index (κ3) is 2.59. The Hall–Kier alpha value is -2.97. The van der Waals surface area contributed by atoms with Crippen molar-refractivity contribution in [2.24, 2.45) is 0 Å². The van der Waals surface area contributed by atoms with E-state index in [2.05, 4.69) is 4.89 Å². The zero-order chi connectivity index (χ0) is 18.3. The fraction of sp³-hybridized carbons (Fsp3) is 0.278. The second kappa shape index (κ2) is 6.40. The van der Waals surface area contributed by atoms with Gasteiger partial charge in [-0.3, -0.25) is 4.79 Å². The fourth-order valence-corrected chi connectivity index (χ4v) is 3.00. The van der Waals surface area contributed by atoms with E-state index in [1.165, 1.54) is 26.4 Å². The molecule has 2 aromatic carbocycles. The van der Waals surface area contributed by atoms with Crippen molar-refractivity contribution in [1.82, 2.24) is 0 Å². The predicted molar refractivity (Wildman–Crippen MR) is 87.3 cm³/mol. The molecule has 0 amide bonds. The number of carbonyl (C=O) groups is 1. The molecule has 8 nitrogen and oxygen atoms in total. The maximum Gasteiger partial charge on any atom is 0.231 e. The SMILES string of the molecule is COc1cc([C@@H]2O[C@@H]2C(=O)c2ccc(OO)cc2)c(OC)c2c1OCO2. The monoisotopic (exact) mass is 360 g/mol. The summed E-state index contributed by atoms with van der Waals surface area (Å²) >= 11 is 0. The van der Waals surface area contributed by atoms with Crippen LogP contribution in [0.5, 0.6) is 28.7 Å². The molecular weight excluding hydrogens is 344 g/mol. The van der Waals surface area contributed by atoms with Crippen molar-refractivity contribution in [2.75, 3.05) is 21.0 Å². The van der Waals surface area contributed by atoms with Crippen LogP contribution in [0.4, 0.5) is 0 Å². The summed E-state index contributed by atoms with van der Waals surface area (Å²) in [5.74, 6) is 1.92. The third-order valence-electron chi connectivity index (χ3n) is 4.32. The van der Waals surface area contributed by atoms with Gasteiger partial charge in [-0.1, -0.05) is 0 Å². The van der Waals surface area contributed by atoms with Gasteiger partial charge >= 0.3 is 0 Å². The number of ether oxygens (including phenoxy) is 5. The molecule has 2 heterocycles. The zero-order valence-corrected chi connectivity index (χ0v) is 14.1. The number of benzene rings is 2. The topological polar surface area (TPSA) is 96.0 Å². The van der Waals surface area contributed by atoms with Gasteiger partial charge in [-0.15, -0.1) is 0 Å². The quantitative estimate of drug-likeness (QED) is 0.363. The molecule has 0 aromatic heterocycles. The first-order valence-electron chi connectivity index (χ1n) is 7.83. The highest BCUT2D eigenvalue weighted by Crippen LogP contribution is 2.55. The molecule has 2 atom stereocenters. The van der Waals surface area contributed by atoms with Gasteiger partial charge in [0.25, 0.3) is 0 Å². The Labute approximate surface area is 148 Å². The average Bonchev–Trinajstić information content (AvgIpc) is 3.33. The van der Waals surface area contributed by atoms with Crippen LogP contribution in [0.15, 0.2) is 30.3 Å². The lowest BCUT2D eigenvalue weighted by molar-refractivity contribution is -0.137. The molecule has 136 valence electrons. The summed E-state index contributed by atoms with van der Waals surface area (Å²) < 4.78 is 27.3. The standard InChI is InChI=1S/C18H16O8/c1-21-12-7-11(14(22-2)18-16(12)23-8-24-18)15-17(25-15)13(19)9-3-5-10(26-20)6-4-9/h3-7,15,17,20H,8H2,1-2H3/t15-,17+/m0/s1. The van der Waals surface area contributed by atoms with Crippen LogP contribution in [0, 0.1) is 0 Å². The van der Waals surface area contributed by atoms with Crippen molar-refractivity contribution in [2.45, 2.75) is 12.2 Å². The highest BCUT2D eigenvalue weighted by Gasteiger charge is 2.49. The average molecular weight is 360 g/mol. The van der Waals surface area contributed by atoms with Gasteiger partial charge in [-0.2, -0.15) is 0 Å². The summed E-state index contributed by atoms with van der Waals surface area (Å²) in [4.78, 5) is 16.7. The van der Waals surface area contributed by atoms with Crippen LogP contribution in [0.2, 0.25) is 0 Å². The molecule has 2 aliphatic rings. The van der Waals surface area contributed by atoms with E-state index in [0.717, 1.165) is 0 Å². The Kier molecular flexibility index (Phi) is 4.06. The van der Waals surface area contributed by atoms with Crippen LogP contribution < -0.4 is 23.8 Å². The summed E-state index contributed by atoms with van der Waals surface area (Å²) in [6.07, 6.45) is -1.12. The molecule has 0 saturated carbocycles. The molecule has 1 N–H and O–H groups in total. The van der Waals surface area contributed by atoms with Gasteiger partial charge in [0.15, 0.2) is 29.1 Å². The van der Waals surface area contributed by atoms with Gasteiger partial charge in [-0.25, -0.2) is 5.26 Å². The highest BCUT2D eigenvalue weighted by molar-refractivity contribution is 6.01. The van der Waals surface area contributed by atoms with E-state index in [0.29, 0.717) is 34.1 Å². The molecule has 1 fully saturated rings. The summed E-state index contributed by atoms with van der Waals surface area (Å²) in [5, 5.41) is 8.61. The number of carbonyl (C=O) groups excluding carboxylic acids is 1. The molecular formula is C18H16O8. The van der Waals surface area contributed by atoms with Crippen LogP contribution in [0.3, 0.4) is 0 Å². The minimum absolute atomic E-state index is 0.0681. The first-order valence-corrected chi connectivity index (χ1v) is 7.83. The second-order valence-corrected chi connectivity index (χ2v) is 5.72. The Morgan fingerprint density at radius 1 is 1.12 bits per heavy atom. The molecule has 0 spiro atoms. The molecule has 0 bridgehead atoms. The molecule has 8 heteroatoms. The van der Waals surface area contributed by atoms with Gasteiger partial charge in [0, 0.05) is 11.1 Å². The predicted octanol–water partition coefficient (Wildman–Crippen LogP) is 2.61. The number of ketones is 1. The van der Waals surface area contributed by atoms with Crippen molar-refractivity contribution in [3.63, 3.8) is 0 Å². The Balaban J connectivity index is 1.62. The van der Waals surface area contributed by atoms with Crippen LogP contribution in [-0.2, 0) is 4.74 Å². The molecule has 2 aromatic rings. The number of hydrogen-bond acceptors (Lipinski definition) is 8. The maximum absolute atomic E-state index is 12.6. The zero-order valence-electron chi connectivity index (χ0n) is 14.1. The third-order valence-corrected chi connectivity index (χ3v) is 4.32. The molecule has 0 aliphatic carbocycles. The molecule has 4 rings (SSSR count). The second-order valence-electron chi connectivity index (χ2n) is 5.72. The van der Waals surface area contributed by atoms with E-state index >= 15 is 0 Å². The highest BCUT2D eigenvalue weighted by atomic mass is 17.1. The minimum atomic E-state index is -0.644. The Bertz CT molecular complexity index is 845. The van der Waals surface area contributed by atoms with Crippen LogP contribution in [0.1, 0.15) is 22.0 Å². The van der Waals surface area contributed by atoms with Crippen LogP contribution in [0.25, 0.3) is 0 Å². The Morgan fingerprint density at radius 3 is 2.50 bits per heavy atom. The maximum atomic E-state index is 12.6. The van der Waals surface area contributed by atoms with E-state index in [4.69, 9.17) is 28.9 Å². The number of methoxy groups -OCH3 is 2. The lowest BCUT2D eigenvalue weighted by atomic mass is 10.0. The smallest absolute Gasteiger partial charge is 0.231 e. The Morgan fingerprint density at radius 2 is 1.85 bits per heavy atom. The first kappa shape index (κ1) is 16.5. The summed E-state index contributed by atoms with van der Waals surface area (Å²) in [5.41, 5.74) is 1.10. The van der Waals surface area contributed by atoms with Gasteiger partial charge in [0.05, 0.1) is 14.2 Å². The van der Waals surface area contributed by atoms with E-state index in [1.807, 2.05) is 0 Å². The molecule has 2 aliphatic heterocycles. The van der Waals surface area contributed by atoms with E-state index < -0.39 is 12.2 Å². The molecule has 0 unspecified atom stereocenters. The first-order chi connectivity index (χ1) is 12.7. The summed E-state index contributed by atoms with van der Waals surface area (Å²) in [7, 11) is 3.04. The van der Waals surface area contributed by atoms with Crippen molar-refractivity contribution < 1.29 is 38.6 Å². The number of fused-ring (bicyclic) bond motifs is 1. The van der Waals surface area contributed by atoms with Gasteiger partial charge in [0.2, 0.25) is 18.3 Å². The van der Waals surface area contributed by atoms with Crippen molar-refractivity contribution >= 4 is 5.78 Å². The summed E-state index contributed by atoms with van der Waals surface area (Å²) in [6, 6.07) is 7.84.